The molecule has 2 bridgehead atoms. The van der Waals surface area contributed by atoms with E-state index >= 15 is 0 Å². The molecule has 2 unspecified atom stereocenters. The van der Waals surface area contributed by atoms with Crippen molar-refractivity contribution in [2.45, 2.75) is 69.9 Å². The Balaban J connectivity index is 2.00. The zero-order valence-corrected chi connectivity index (χ0v) is 18.7. The lowest BCUT2D eigenvalue weighted by atomic mass is 9.70. The van der Waals surface area contributed by atoms with E-state index in [0.717, 1.165) is 0 Å². The number of fused-ring (bicyclic) bond motifs is 1. The maximum absolute atomic E-state index is 13.8. The Morgan fingerprint density at radius 2 is 2.06 bits per heavy atom. The van der Waals surface area contributed by atoms with Crippen molar-refractivity contribution in [2.75, 3.05) is 19.8 Å². The van der Waals surface area contributed by atoms with Gasteiger partial charge in [-0.2, -0.15) is 0 Å². The molecular formula is C23H34N2O6. The highest BCUT2D eigenvalue weighted by Crippen LogP contribution is 2.59. The Bertz CT molecular complexity index is 752. The van der Waals surface area contributed by atoms with Gasteiger partial charge < -0.3 is 24.4 Å². The number of likely N-dealkylation sites (tertiary alicyclic amines) is 1. The summed E-state index contributed by atoms with van der Waals surface area (Å²) in [5.41, 5.74) is -1.08. The van der Waals surface area contributed by atoms with E-state index in [-0.39, 0.29) is 31.1 Å². The van der Waals surface area contributed by atoms with Gasteiger partial charge in [0.15, 0.2) is 0 Å². The van der Waals surface area contributed by atoms with Crippen LogP contribution in [0.4, 0.5) is 0 Å². The highest BCUT2D eigenvalue weighted by Gasteiger charge is 2.75. The lowest BCUT2D eigenvalue weighted by Crippen LogP contribution is -2.59. The summed E-state index contributed by atoms with van der Waals surface area (Å²) in [6.45, 7) is 13.1. The highest BCUT2D eigenvalue weighted by atomic mass is 16.6. The van der Waals surface area contributed by atoms with Crippen molar-refractivity contribution in [1.82, 2.24) is 9.80 Å². The van der Waals surface area contributed by atoms with E-state index in [1.54, 1.807) is 24.0 Å². The summed E-state index contributed by atoms with van der Waals surface area (Å²) in [5.74, 6) is -2.57. The average Bonchev–Trinajstić information content (AvgIpc) is 3.38. The Hall–Kier alpha value is -2.19. The monoisotopic (exact) mass is 434 g/mol. The number of aliphatic hydroxyl groups excluding tert-OH is 1. The van der Waals surface area contributed by atoms with Crippen LogP contribution in [0.1, 0.15) is 40.0 Å². The first-order chi connectivity index (χ1) is 14.7. The van der Waals surface area contributed by atoms with E-state index in [4.69, 9.17) is 9.47 Å². The molecule has 8 nitrogen and oxygen atoms in total. The first-order valence-electron chi connectivity index (χ1n) is 11.0. The number of nitrogens with zero attached hydrogens (tertiary/aromatic N) is 2. The number of rotatable bonds is 10. The van der Waals surface area contributed by atoms with E-state index in [1.807, 2.05) is 13.8 Å². The molecule has 0 aliphatic carbocycles. The van der Waals surface area contributed by atoms with Gasteiger partial charge in [-0.15, -0.1) is 13.2 Å². The fourth-order valence-electron chi connectivity index (χ4n) is 5.39. The summed E-state index contributed by atoms with van der Waals surface area (Å²) in [6, 6.07) is -1.59. The van der Waals surface area contributed by atoms with Crippen LogP contribution in [0, 0.1) is 11.8 Å². The third-order valence-electron chi connectivity index (χ3n) is 6.78. The first-order valence-corrected chi connectivity index (χ1v) is 11.0. The Morgan fingerprint density at radius 3 is 2.65 bits per heavy atom. The number of esters is 1. The van der Waals surface area contributed by atoms with Crippen LogP contribution in [0.5, 0.6) is 0 Å². The van der Waals surface area contributed by atoms with Crippen LogP contribution in [0.25, 0.3) is 0 Å². The SMILES string of the molecule is C=CCCOC(=O)[C@@H]1[C@H]2C(=O)N([C@H](C)CO)C(C(=O)N(CC=C)C(C)C)C23CC[C@H]1O3. The predicted octanol–water partition coefficient (Wildman–Crippen LogP) is 1.28. The third-order valence-corrected chi connectivity index (χ3v) is 6.78. The van der Waals surface area contributed by atoms with Gasteiger partial charge in [0.1, 0.15) is 11.6 Å². The highest BCUT2D eigenvalue weighted by molar-refractivity contribution is 5.98. The van der Waals surface area contributed by atoms with Gasteiger partial charge in [-0.1, -0.05) is 12.2 Å². The Morgan fingerprint density at radius 1 is 1.35 bits per heavy atom. The standard InChI is InChI=1S/C23H34N2O6/c1-6-8-12-30-22(29)17-16-9-10-23(31-16)18(17)20(27)25(15(5)13-26)19(23)21(28)24(11-7-2)14(3)4/h6-7,14-19,26H,1-2,8-13H2,3-5H3/t15-,16-,17+,18+,19?,23?/m1/s1. The number of aliphatic hydroxyl groups is 1. The lowest BCUT2D eigenvalue weighted by molar-refractivity contribution is -0.156. The molecule has 3 saturated heterocycles. The van der Waals surface area contributed by atoms with Crippen LogP contribution in [0.3, 0.4) is 0 Å². The number of carbonyl (C=O) groups is 3. The maximum atomic E-state index is 13.8. The molecule has 8 heteroatoms. The molecule has 0 aromatic rings. The van der Waals surface area contributed by atoms with Crippen molar-refractivity contribution >= 4 is 17.8 Å². The zero-order chi connectivity index (χ0) is 22.9. The summed E-state index contributed by atoms with van der Waals surface area (Å²) in [6.07, 6.45) is 4.48. The molecule has 3 rings (SSSR count). The van der Waals surface area contributed by atoms with E-state index in [1.165, 1.54) is 4.90 Å². The number of hydrogen-bond donors (Lipinski definition) is 1. The van der Waals surface area contributed by atoms with E-state index in [2.05, 4.69) is 13.2 Å². The molecule has 3 aliphatic rings. The molecule has 2 amide bonds. The van der Waals surface area contributed by atoms with Gasteiger partial charge in [0, 0.05) is 12.6 Å². The molecule has 0 aromatic carbocycles. The fraction of sp³-hybridized carbons (Fsp3) is 0.696. The van der Waals surface area contributed by atoms with Gasteiger partial charge in [-0.3, -0.25) is 14.4 Å². The second-order valence-corrected chi connectivity index (χ2v) is 8.95. The number of hydrogen-bond acceptors (Lipinski definition) is 6. The van der Waals surface area contributed by atoms with Crippen molar-refractivity contribution in [2.24, 2.45) is 11.8 Å². The zero-order valence-electron chi connectivity index (χ0n) is 18.7. The third kappa shape index (κ3) is 3.69. The molecular weight excluding hydrogens is 400 g/mol. The van der Waals surface area contributed by atoms with Gasteiger partial charge in [-0.25, -0.2) is 0 Å². The second-order valence-electron chi connectivity index (χ2n) is 8.95. The quantitative estimate of drug-likeness (QED) is 0.316. The van der Waals surface area contributed by atoms with E-state index in [9.17, 15) is 19.5 Å². The van der Waals surface area contributed by atoms with Crippen molar-refractivity contribution < 1.29 is 29.0 Å². The van der Waals surface area contributed by atoms with Crippen LogP contribution in [-0.4, -0.2) is 82.3 Å². The Kier molecular flexibility index (Phi) is 6.91. The summed E-state index contributed by atoms with van der Waals surface area (Å²) in [4.78, 5) is 43.4. The molecule has 6 atom stereocenters. The maximum Gasteiger partial charge on any atom is 0.312 e. The molecule has 172 valence electrons. The smallest absolute Gasteiger partial charge is 0.312 e. The van der Waals surface area contributed by atoms with Crippen LogP contribution in [0.2, 0.25) is 0 Å². The number of ether oxygens (including phenoxy) is 2. The molecule has 3 aliphatic heterocycles. The van der Waals surface area contributed by atoms with Crippen molar-refractivity contribution in [3.63, 3.8) is 0 Å². The summed E-state index contributed by atoms with van der Waals surface area (Å²) < 4.78 is 11.7. The largest absolute Gasteiger partial charge is 0.465 e. The number of amides is 2. The van der Waals surface area contributed by atoms with Gasteiger partial charge in [0.2, 0.25) is 11.8 Å². The summed E-state index contributed by atoms with van der Waals surface area (Å²) in [5, 5.41) is 9.84. The van der Waals surface area contributed by atoms with Crippen LogP contribution in [0.15, 0.2) is 25.3 Å². The van der Waals surface area contributed by atoms with E-state index in [0.29, 0.717) is 25.8 Å². The van der Waals surface area contributed by atoms with Gasteiger partial charge in [-0.05, 0) is 40.0 Å². The fourth-order valence-corrected chi connectivity index (χ4v) is 5.39. The van der Waals surface area contributed by atoms with Crippen LogP contribution < -0.4 is 0 Å². The predicted molar refractivity (Wildman–Crippen MR) is 114 cm³/mol. The van der Waals surface area contributed by atoms with Gasteiger partial charge in [0.05, 0.1) is 37.2 Å². The normalized spacial score (nSPS) is 32.2. The summed E-state index contributed by atoms with van der Waals surface area (Å²) in [7, 11) is 0. The van der Waals surface area contributed by atoms with Gasteiger partial charge in [0.25, 0.3) is 0 Å². The van der Waals surface area contributed by atoms with Gasteiger partial charge >= 0.3 is 5.97 Å². The molecule has 3 heterocycles. The van der Waals surface area contributed by atoms with Crippen molar-refractivity contribution in [3.05, 3.63) is 25.3 Å². The molecule has 1 N–H and O–H groups in total. The Labute approximate surface area is 183 Å². The molecule has 1 spiro atoms. The molecule has 0 radical (unpaired) electrons. The summed E-state index contributed by atoms with van der Waals surface area (Å²) >= 11 is 0. The molecule has 0 saturated carbocycles. The van der Waals surface area contributed by atoms with Crippen LogP contribution >= 0.6 is 0 Å². The topological polar surface area (TPSA) is 96.4 Å². The second kappa shape index (κ2) is 9.12. The molecule has 3 fully saturated rings. The minimum atomic E-state index is -1.08. The van der Waals surface area contributed by atoms with E-state index < -0.39 is 41.6 Å². The average molecular weight is 435 g/mol. The van der Waals surface area contributed by atoms with Crippen LogP contribution in [-0.2, 0) is 23.9 Å². The molecule has 31 heavy (non-hydrogen) atoms. The number of carbonyl (C=O) groups excluding carboxylic acids is 3. The molecule has 0 aromatic heterocycles. The minimum absolute atomic E-state index is 0.111. The lowest BCUT2D eigenvalue weighted by Gasteiger charge is -2.39. The first kappa shape index (κ1) is 23.5. The minimum Gasteiger partial charge on any atom is -0.465 e. The van der Waals surface area contributed by atoms with Crippen molar-refractivity contribution in [1.29, 1.82) is 0 Å². The van der Waals surface area contributed by atoms with Crippen molar-refractivity contribution in [3.8, 4) is 0 Å².